The number of rotatable bonds is 10. The molecule has 7 heteroatoms. The van der Waals surface area contributed by atoms with Gasteiger partial charge in [0.05, 0.1) is 23.9 Å². The fourth-order valence-corrected chi connectivity index (χ4v) is 2.80. The summed E-state index contributed by atoms with van der Waals surface area (Å²) >= 11 is 3.44. The van der Waals surface area contributed by atoms with E-state index in [1.807, 2.05) is 32.0 Å². The molecule has 1 N–H and O–H groups in total. The van der Waals surface area contributed by atoms with E-state index in [1.165, 1.54) is 0 Å². The van der Waals surface area contributed by atoms with Gasteiger partial charge < -0.3 is 14.2 Å². The number of benzene rings is 2. The van der Waals surface area contributed by atoms with Crippen molar-refractivity contribution >= 4 is 28.1 Å². The Labute approximate surface area is 173 Å². The van der Waals surface area contributed by atoms with Gasteiger partial charge in [-0.1, -0.05) is 12.7 Å². The second kappa shape index (κ2) is 11.1. The molecule has 6 nitrogen and oxygen atoms in total. The Morgan fingerprint density at radius 2 is 1.79 bits per heavy atom. The van der Waals surface area contributed by atoms with Gasteiger partial charge in [0, 0.05) is 5.56 Å². The number of halogens is 1. The van der Waals surface area contributed by atoms with E-state index in [2.05, 4.69) is 33.0 Å². The number of carbonyl (C=O) groups excluding carboxylic acids is 1. The molecule has 0 heterocycles. The summed E-state index contributed by atoms with van der Waals surface area (Å²) < 4.78 is 17.3. The molecule has 0 saturated heterocycles. The van der Waals surface area contributed by atoms with Crippen LogP contribution in [-0.2, 0) is 0 Å². The van der Waals surface area contributed by atoms with E-state index in [9.17, 15) is 4.79 Å². The summed E-state index contributed by atoms with van der Waals surface area (Å²) in [5, 5.41) is 4.01. The zero-order valence-corrected chi connectivity index (χ0v) is 17.5. The second-order valence-electron chi connectivity index (χ2n) is 5.52. The highest BCUT2D eigenvalue weighted by Gasteiger charge is 2.11. The summed E-state index contributed by atoms with van der Waals surface area (Å²) in [5.41, 5.74) is 3.75. The predicted molar refractivity (Wildman–Crippen MR) is 114 cm³/mol. The number of nitrogens with one attached hydrogen (secondary N) is 1. The van der Waals surface area contributed by atoms with E-state index >= 15 is 0 Å². The maximum Gasteiger partial charge on any atom is 0.271 e. The molecule has 0 aliphatic rings. The summed E-state index contributed by atoms with van der Waals surface area (Å²) in [6.07, 6.45) is 3.23. The molecule has 0 atom stereocenters. The first-order chi connectivity index (χ1) is 13.6. The van der Waals surface area contributed by atoms with Gasteiger partial charge >= 0.3 is 0 Å². The lowest BCUT2D eigenvalue weighted by molar-refractivity contribution is 0.0954. The minimum Gasteiger partial charge on any atom is -0.490 e. The average Bonchev–Trinajstić information content (AvgIpc) is 2.69. The van der Waals surface area contributed by atoms with Crippen molar-refractivity contribution < 1.29 is 19.0 Å². The SMILES string of the molecule is C=CCOc1ccc(/C=N/NC(=O)c2ccc(OCC)c(OCC)c2)cc1Br. The zero-order valence-electron chi connectivity index (χ0n) is 15.9. The largest absolute Gasteiger partial charge is 0.490 e. The first kappa shape index (κ1) is 21.5. The van der Waals surface area contributed by atoms with Crippen molar-refractivity contribution in [2.24, 2.45) is 5.10 Å². The minimum absolute atomic E-state index is 0.342. The summed E-state index contributed by atoms with van der Waals surface area (Å²) in [7, 11) is 0. The molecule has 0 bridgehead atoms. The Morgan fingerprint density at radius 1 is 1.07 bits per heavy atom. The number of hydrogen-bond acceptors (Lipinski definition) is 5. The molecule has 0 spiro atoms. The number of hydrogen-bond donors (Lipinski definition) is 1. The Hall–Kier alpha value is -2.80. The third-order valence-electron chi connectivity index (χ3n) is 3.50. The van der Waals surface area contributed by atoms with Crippen LogP contribution in [0.1, 0.15) is 29.8 Å². The monoisotopic (exact) mass is 446 g/mol. The van der Waals surface area contributed by atoms with Crippen LogP contribution in [0.4, 0.5) is 0 Å². The van der Waals surface area contributed by atoms with Gasteiger partial charge in [-0.2, -0.15) is 5.10 Å². The van der Waals surface area contributed by atoms with Crippen LogP contribution < -0.4 is 19.6 Å². The van der Waals surface area contributed by atoms with Crippen molar-refractivity contribution in [3.8, 4) is 17.2 Å². The molecule has 1 amide bonds. The highest BCUT2D eigenvalue weighted by atomic mass is 79.9. The maximum absolute atomic E-state index is 12.3. The summed E-state index contributed by atoms with van der Waals surface area (Å²) in [6.45, 7) is 8.80. The Bertz CT molecular complexity index is 852. The normalized spacial score (nSPS) is 10.5. The maximum atomic E-state index is 12.3. The fraction of sp³-hybridized carbons (Fsp3) is 0.238. The van der Waals surface area contributed by atoms with Crippen molar-refractivity contribution in [2.45, 2.75) is 13.8 Å². The average molecular weight is 447 g/mol. The van der Waals surface area contributed by atoms with Gasteiger partial charge in [-0.15, -0.1) is 0 Å². The fourth-order valence-electron chi connectivity index (χ4n) is 2.29. The highest BCUT2D eigenvalue weighted by Crippen LogP contribution is 2.28. The van der Waals surface area contributed by atoms with Crippen molar-refractivity contribution in [2.75, 3.05) is 19.8 Å². The molecule has 2 aromatic rings. The van der Waals surface area contributed by atoms with Crippen LogP contribution in [0.3, 0.4) is 0 Å². The van der Waals surface area contributed by atoms with Crippen LogP contribution in [0.5, 0.6) is 17.2 Å². The molecule has 2 aromatic carbocycles. The van der Waals surface area contributed by atoms with Gasteiger partial charge in [-0.05, 0) is 71.7 Å². The first-order valence-corrected chi connectivity index (χ1v) is 9.64. The standard InChI is InChI=1S/C21H23BrN2O4/c1-4-11-28-18-9-7-15(12-17(18)22)14-23-24-21(25)16-8-10-19(26-5-2)20(13-16)27-6-3/h4,7-10,12-14H,1,5-6,11H2,2-3H3,(H,24,25)/b23-14+. The molecule has 2 rings (SSSR count). The van der Waals surface area contributed by atoms with E-state index in [4.69, 9.17) is 14.2 Å². The lowest BCUT2D eigenvalue weighted by atomic mass is 10.2. The summed E-state index contributed by atoms with van der Waals surface area (Å²) in [5.74, 6) is 1.50. The highest BCUT2D eigenvalue weighted by molar-refractivity contribution is 9.10. The van der Waals surface area contributed by atoms with Crippen molar-refractivity contribution in [3.63, 3.8) is 0 Å². The van der Waals surface area contributed by atoms with Crippen LogP contribution in [-0.4, -0.2) is 31.9 Å². The number of nitrogens with zero attached hydrogens (tertiary/aromatic N) is 1. The Kier molecular flexibility index (Phi) is 8.55. The Morgan fingerprint density at radius 3 is 2.46 bits per heavy atom. The minimum atomic E-state index is -0.342. The first-order valence-electron chi connectivity index (χ1n) is 8.85. The van der Waals surface area contributed by atoms with Crippen molar-refractivity contribution in [1.29, 1.82) is 0 Å². The number of hydrazone groups is 1. The molecule has 0 aliphatic heterocycles. The van der Waals surface area contributed by atoms with Crippen LogP contribution in [0, 0.1) is 0 Å². The third kappa shape index (κ3) is 6.13. The zero-order chi connectivity index (χ0) is 20.4. The molecule has 0 radical (unpaired) electrons. The van der Waals surface area contributed by atoms with Crippen molar-refractivity contribution in [3.05, 3.63) is 64.7 Å². The molecule has 0 aliphatic carbocycles. The van der Waals surface area contributed by atoms with Crippen LogP contribution in [0.25, 0.3) is 0 Å². The summed E-state index contributed by atoms with van der Waals surface area (Å²) in [4.78, 5) is 12.3. The molecular weight excluding hydrogens is 424 g/mol. The van der Waals surface area contributed by atoms with E-state index in [-0.39, 0.29) is 5.91 Å². The molecule has 0 saturated carbocycles. The van der Waals surface area contributed by atoms with E-state index in [1.54, 1.807) is 30.5 Å². The quantitative estimate of drug-likeness (QED) is 0.329. The molecular formula is C21H23BrN2O4. The number of amides is 1. The molecule has 0 unspecified atom stereocenters. The van der Waals surface area contributed by atoms with Crippen LogP contribution in [0.2, 0.25) is 0 Å². The Balaban J connectivity index is 2.04. The number of ether oxygens (including phenoxy) is 3. The van der Waals surface area contributed by atoms with E-state index in [0.717, 1.165) is 10.0 Å². The molecule has 0 fully saturated rings. The lowest BCUT2D eigenvalue weighted by Gasteiger charge is -2.11. The van der Waals surface area contributed by atoms with Gasteiger partial charge in [0.25, 0.3) is 5.91 Å². The van der Waals surface area contributed by atoms with E-state index in [0.29, 0.717) is 42.6 Å². The second-order valence-corrected chi connectivity index (χ2v) is 6.37. The number of carbonyl (C=O) groups is 1. The van der Waals surface area contributed by atoms with Gasteiger partial charge in [0.1, 0.15) is 12.4 Å². The third-order valence-corrected chi connectivity index (χ3v) is 4.12. The molecule has 148 valence electrons. The van der Waals surface area contributed by atoms with Gasteiger partial charge in [-0.25, -0.2) is 5.43 Å². The van der Waals surface area contributed by atoms with Crippen molar-refractivity contribution in [1.82, 2.24) is 5.43 Å². The van der Waals surface area contributed by atoms with Gasteiger partial charge in [0.2, 0.25) is 0 Å². The molecule has 0 aromatic heterocycles. The molecule has 28 heavy (non-hydrogen) atoms. The predicted octanol–water partition coefficient (Wildman–Crippen LogP) is 4.58. The van der Waals surface area contributed by atoms with Crippen LogP contribution in [0.15, 0.2) is 58.6 Å². The van der Waals surface area contributed by atoms with Gasteiger partial charge in [0.15, 0.2) is 11.5 Å². The summed E-state index contributed by atoms with van der Waals surface area (Å²) in [6, 6.07) is 10.5. The smallest absolute Gasteiger partial charge is 0.271 e. The van der Waals surface area contributed by atoms with E-state index < -0.39 is 0 Å². The lowest BCUT2D eigenvalue weighted by Crippen LogP contribution is -2.17. The van der Waals surface area contributed by atoms with Gasteiger partial charge in [-0.3, -0.25) is 4.79 Å². The van der Waals surface area contributed by atoms with Crippen LogP contribution >= 0.6 is 15.9 Å². The topological polar surface area (TPSA) is 69.2 Å².